The first kappa shape index (κ1) is 13.8. The van der Waals surface area contributed by atoms with Gasteiger partial charge in [0.2, 0.25) is 5.91 Å². The zero-order valence-corrected chi connectivity index (χ0v) is 11.3. The van der Waals surface area contributed by atoms with E-state index in [4.69, 9.17) is 4.74 Å². The molecule has 1 amide bonds. The van der Waals surface area contributed by atoms with Crippen molar-refractivity contribution in [1.82, 2.24) is 15.5 Å². The normalized spacial score (nSPS) is 30.1. The molecule has 0 aromatic heterocycles. The summed E-state index contributed by atoms with van der Waals surface area (Å²) in [6, 6.07) is 0.313. The molecule has 1 saturated heterocycles. The smallest absolute Gasteiger partial charge is 0.234 e. The van der Waals surface area contributed by atoms with Gasteiger partial charge in [0, 0.05) is 26.2 Å². The molecule has 104 valence electrons. The maximum absolute atomic E-state index is 12.0. The summed E-state index contributed by atoms with van der Waals surface area (Å²) in [5, 5.41) is 6.48. The summed E-state index contributed by atoms with van der Waals surface area (Å²) in [6.45, 7) is 4.58. The van der Waals surface area contributed by atoms with E-state index in [0.717, 1.165) is 51.9 Å². The molecular weight excluding hydrogens is 230 g/mol. The molecule has 18 heavy (non-hydrogen) atoms. The summed E-state index contributed by atoms with van der Waals surface area (Å²) >= 11 is 0. The first-order valence-corrected chi connectivity index (χ1v) is 7.03. The van der Waals surface area contributed by atoms with Gasteiger partial charge in [-0.05, 0) is 38.8 Å². The van der Waals surface area contributed by atoms with Crippen LogP contribution in [0, 0.1) is 0 Å². The van der Waals surface area contributed by atoms with Gasteiger partial charge >= 0.3 is 0 Å². The van der Waals surface area contributed by atoms with E-state index in [1.807, 2.05) is 0 Å². The Labute approximate surface area is 109 Å². The Kier molecular flexibility index (Phi) is 5.41. The fourth-order valence-electron chi connectivity index (χ4n) is 2.82. The first-order chi connectivity index (χ1) is 8.78. The van der Waals surface area contributed by atoms with Crippen molar-refractivity contribution in [3.8, 4) is 0 Å². The van der Waals surface area contributed by atoms with E-state index in [0.29, 0.717) is 18.7 Å². The van der Waals surface area contributed by atoms with E-state index in [9.17, 15) is 4.79 Å². The topological polar surface area (TPSA) is 53.6 Å². The predicted molar refractivity (Wildman–Crippen MR) is 70.5 cm³/mol. The molecule has 2 atom stereocenters. The molecule has 2 aliphatic rings. The van der Waals surface area contributed by atoms with Gasteiger partial charge in [0.1, 0.15) is 0 Å². The standard InChI is InChI=1S/C13H25N3O2/c1-18-12-4-3-11(9-12)15-13(17)10-16-7-2-5-14-6-8-16/h11-12,14H,2-10H2,1H3,(H,15,17). The molecule has 5 nitrogen and oxygen atoms in total. The van der Waals surface area contributed by atoms with Gasteiger partial charge in [0.25, 0.3) is 0 Å². The lowest BCUT2D eigenvalue weighted by atomic mass is 10.2. The minimum atomic E-state index is 0.165. The van der Waals surface area contributed by atoms with Crippen molar-refractivity contribution in [3.05, 3.63) is 0 Å². The van der Waals surface area contributed by atoms with Crippen molar-refractivity contribution in [2.45, 2.75) is 37.8 Å². The Balaban J connectivity index is 1.68. The minimum Gasteiger partial charge on any atom is -0.381 e. The monoisotopic (exact) mass is 255 g/mol. The predicted octanol–water partition coefficient (Wildman–Crippen LogP) is -0.0346. The van der Waals surface area contributed by atoms with Gasteiger partial charge in [0.15, 0.2) is 0 Å². The van der Waals surface area contributed by atoms with E-state index in [2.05, 4.69) is 15.5 Å². The van der Waals surface area contributed by atoms with Gasteiger partial charge in [-0.25, -0.2) is 0 Å². The molecule has 0 bridgehead atoms. The Morgan fingerprint density at radius 3 is 3.06 bits per heavy atom. The molecule has 1 saturated carbocycles. The van der Waals surface area contributed by atoms with E-state index in [1.54, 1.807) is 7.11 Å². The third kappa shape index (κ3) is 4.23. The second-order valence-corrected chi connectivity index (χ2v) is 5.31. The number of carbonyl (C=O) groups excluding carboxylic acids is 1. The minimum absolute atomic E-state index is 0.165. The van der Waals surface area contributed by atoms with Crippen molar-refractivity contribution >= 4 is 5.91 Å². The molecule has 2 N–H and O–H groups in total. The van der Waals surface area contributed by atoms with Crippen molar-refractivity contribution in [2.75, 3.05) is 39.8 Å². The van der Waals surface area contributed by atoms with Crippen LogP contribution in [0.4, 0.5) is 0 Å². The number of ether oxygens (including phenoxy) is 1. The number of carbonyl (C=O) groups is 1. The van der Waals surface area contributed by atoms with Crippen LogP contribution >= 0.6 is 0 Å². The van der Waals surface area contributed by atoms with Gasteiger partial charge in [-0.15, -0.1) is 0 Å². The van der Waals surface area contributed by atoms with Crippen LogP contribution in [-0.2, 0) is 9.53 Å². The largest absolute Gasteiger partial charge is 0.381 e. The third-order valence-electron chi connectivity index (χ3n) is 3.88. The molecule has 1 aliphatic heterocycles. The Morgan fingerprint density at radius 1 is 1.39 bits per heavy atom. The summed E-state index contributed by atoms with van der Waals surface area (Å²) in [6.07, 6.45) is 4.53. The second kappa shape index (κ2) is 7.07. The summed E-state index contributed by atoms with van der Waals surface area (Å²) < 4.78 is 5.32. The molecule has 1 aliphatic carbocycles. The molecule has 2 unspecified atom stereocenters. The summed E-state index contributed by atoms with van der Waals surface area (Å²) in [4.78, 5) is 14.2. The van der Waals surface area contributed by atoms with Crippen LogP contribution in [0.15, 0.2) is 0 Å². The maximum atomic E-state index is 12.0. The fourth-order valence-corrected chi connectivity index (χ4v) is 2.82. The van der Waals surface area contributed by atoms with Crippen molar-refractivity contribution in [1.29, 1.82) is 0 Å². The Hall–Kier alpha value is -0.650. The van der Waals surface area contributed by atoms with Crippen LogP contribution in [0.25, 0.3) is 0 Å². The summed E-state index contributed by atoms with van der Waals surface area (Å²) in [7, 11) is 1.75. The number of hydrogen-bond acceptors (Lipinski definition) is 4. The molecule has 5 heteroatoms. The zero-order valence-electron chi connectivity index (χ0n) is 11.3. The Morgan fingerprint density at radius 2 is 2.28 bits per heavy atom. The van der Waals surface area contributed by atoms with Crippen LogP contribution < -0.4 is 10.6 Å². The highest BCUT2D eigenvalue weighted by Crippen LogP contribution is 2.21. The number of nitrogens with zero attached hydrogens (tertiary/aromatic N) is 1. The van der Waals surface area contributed by atoms with Gasteiger partial charge in [-0.2, -0.15) is 0 Å². The highest BCUT2D eigenvalue weighted by molar-refractivity contribution is 5.78. The number of methoxy groups -OCH3 is 1. The van der Waals surface area contributed by atoms with Gasteiger partial charge < -0.3 is 15.4 Å². The SMILES string of the molecule is COC1CCC(NC(=O)CN2CCCNCC2)C1. The second-order valence-electron chi connectivity index (χ2n) is 5.31. The van der Waals surface area contributed by atoms with Crippen molar-refractivity contribution < 1.29 is 9.53 Å². The molecule has 2 rings (SSSR count). The average Bonchev–Trinajstić information content (AvgIpc) is 2.65. The quantitative estimate of drug-likeness (QED) is 0.740. The molecule has 0 aromatic carbocycles. The van der Waals surface area contributed by atoms with Crippen molar-refractivity contribution in [2.24, 2.45) is 0 Å². The van der Waals surface area contributed by atoms with E-state index >= 15 is 0 Å². The van der Waals surface area contributed by atoms with Gasteiger partial charge in [0.05, 0.1) is 12.6 Å². The zero-order chi connectivity index (χ0) is 12.8. The van der Waals surface area contributed by atoms with Crippen LogP contribution in [0.3, 0.4) is 0 Å². The third-order valence-corrected chi connectivity index (χ3v) is 3.88. The van der Waals surface area contributed by atoms with Crippen LogP contribution in [0.5, 0.6) is 0 Å². The van der Waals surface area contributed by atoms with E-state index in [-0.39, 0.29) is 5.91 Å². The van der Waals surface area contributed by atoms with E-state index < -0.39 is 0 Å². The van der Waals surface area contributed by atoms with E-state index in [1.165, 1.54) is 0 Å². The molecule has 0 aromatic rings. The molecule has 2 fully saturated rings. The Bertz CT molecular complexity index is 265. The lowest BCUT2D eigenvalue weighted by Crippen LogP contribution is -2.42. The lowest BCUT2D eigenvalue weighted by Gasteiger charge is -2.20. The van der Waals surface area contributed by atoms with Crippen LogP contribution in [-0.4, -0.2) is 62.8 Å². The summed E-state index contributed by atoms with van der Waals surface area (Å²) in [5.74, 6) is 0.165. The van der Waals surface area contributed by atoms with Crippen molar-refractivity contribution in [3.63, 3.8) is 0 Å². The average molecular weight is 255 g/mol. The molecule has 0 radical (unpaired) electrons. The number of rotatable bonds is 4. The maximum Gasteiger partial charge on any atom is 0.234 e. The highest BCUT2D eigenvalue weighted by Gasteiger charge is 2.26. The first-order valence-electron chi connectivity index (χ1n) is 7.03. The number of hydrogen-bond donors (Lipinski definition) is 2. The van der Waals surface area contributed by atoms with Gasteiger partial charge in [-0.3, -0.25) is 9.69 Å². The molecule has 0 spiro atoms. The van der Waals surface area contributed by atoms with Crippen LogP contribution in [0.1, 0.15) is 25.7 Å². The molecular formula is C13H25N3O2. The summed E-state index contributed by atoms with van der Waals surface area (Å²) in [5.41, 5.74) is 0. The number of amides is 1. The lowest BCUT2D eigenvalue weighted by molar-refractivity contribution is -0.122. The van der Waals surface area contributed by atoms with Gasteiger partial charge in [-0.1, -0.05) is 0 Å². The number of nitrogens with one attached hydrogen (secondary N) is 2. The fraction of sp³-hybridized carbons (Fsp3) is 0.923. The van der Waals surface area contributed by atoms with Crippen LogP contribution in [0.2, 0.25) is 0 Å². The molecule has 1 heterocycles. The highest BCUT2D eigenvalue weighted by atomic mass is 16.5.